The van der Waals surface area contributed by atoms with E-state index in [9.17, 15) is 0 Å². The van der Waals surface area contributed by atoms with Crippen molar-refractivity contribution in [2.45, 2.75) is 32.2 Å². The summed E-state index contributed by atoms with van der Waals surface area (Å²) in [5.41, 5.74) is 3.49. The van der Waals surface area contributed by atoms with Crippen LogP contribution in [0.4, 0.5) is 0 Å². The van der Waals surface area contributed by atoms with Crippen molar-refractivity contribution in [1.29, 1.82) is 0 Å². The second kappa shape index (κ2) is 9.48. The molecule has 0 radical (unpaired) electrons. The summed E-state index contributed by atoms with van der Waals surface area (Å²) in [7, 11) is 0. The Hall–Kier alpha value is -3.28. The Balaban J connectivity index is 1.47. The van der Waals surface area contributed by atoms with Gasteiger partial charge in [-0.25, -0.2) is 4.68 Å². The van der Waals surface area contributed by atoms with Gasteiger partial charge >= 0.3 is 0 Å². The van der Waals surface area contributed by atoms with Crippen LogP contribution in [0.15, 0.2) is 72.0 Å². The average molecular weight is 404 g/mol. The van der Waals surface area contributed by atoms with Crippen molar-refractivity contribution in [1.82, 2.24) is 20.4 Å². The predicted molar refractivity (Wildman–Crippen MR) is 120 cm³/mol. The monoisotopic (exact) mass is 403 g/mol. The van der Waals surface area contributed by atoms with Gasteiger partial charge < -0.3 is 15.4 Å². The Bertz CT molecular complexity index is 983. The molecule has 1 aliphatic heterocycles. The Morgan fingerprint density at radius 3 is 2.97 bits per heavy atom. The number of aromatic nitrogens is 2. The fourth-order valence-electron chi connectivity index (χ4n) is 3.77. The van der Waals surface area contributed by atoms with Gasteiger partial charge in [-0.05, 0) is 55.7 Å². The first-order valence-corrected chi connectivity index (χ1v) is 10.6. The van der Waals surface area contributed by atoms with Crippen molar-refractivity contribution in [3.63, 3.8) is 0 Å². The molecule has 1 aromatic heterocycles. The summed E-state index contributed by atoms with van der Waals surface area (Å²) in [4.78, 5) is 4.90. The molecule has 2 unspecified atom stereocenters. The van der Waals surface area contributed by atoms with Crippen LogP contribution < -0.4 is 15.4 Å². The van der Waals surface area contributed by atoms with Crippen LogP contribution in [0.1, 0.15) is 43.4 Å². The summed E-state index contributed by atoms with van der Waals surface area (Å²) in [6.07, 6.45) is 4.73. The molecule has 2 atom stereocenters. The fourth-order valence-corrected chi connectivity index (χ4v) is 3.77. The van der Waals surface area contributed by atoms with E-state index in [2.05, 4.69) is 66.0 Å². The number of nitrogens with zero attached hydrogens (tertiary/aromatic N) is 3. The zero-order valence-electron chi connectivity index (χ0n) is 17.6. The number of ether oxygens (including phenoxy) is 1. The topological polar surface area (TPSA) is 63.5 Å². The van der Waals surface area contributed by atoms with Crippen molar-refractivity contribution in [3.05, 3.63) is 78.1 Å². The lowest BCUT2D eigenvalue weighted by Gasteiger charge is -2.25. The molecule has 2 N–H and O–H groups in total. The molecule has 0 amide bonds. The van der Waals surface area contributed by atoms with E-state index in [1.54, 1.807) is 6.20 Å². The van der Waals surface area contributed by atoms with Gasteiger partial charge in [-0.1, -0.05) is 30.3 Å². The lowest BCUT2D eigenvalue weighted by molar-refractivity contribution is 0.269. The van der Waals surface area contributed by atoms with Gasteiger partial charge in [-0.15, -0.1) is 0 Å². The number of nitrogens with one attached hydrogen (secondary N) is 2. The van der Waals surface area contributed by atoms with E-state index in [4.69, 9.17) is 9.73 Å². The Kier molecular flexibility index (Phi) is 6.32. The largest absolute Gasteiger partial charge is 0.493 e. The molecule has 1 aliphatic rings. The molecule has 0 saturated carbocycles. The van der Waals surface area contributed by atoms with Crippen molar-refractivity contribution in [3.8, 4) is 11.4 Å². The normalized spacial score (nSPS) is 17.0. The van der Waals surface area contributed by atoms with Crippen molar-refractivity contribution in [2.75, 3.05) is 19.7 Å². The number of benzene rings is 2. The van der Waals surface area contributed by atoms with Gasteiger partial charge in [0.15, 0.2) is 5.96 Å². The van der Waals surface area contributed by atoms with Crippen LogP contribution in [0.5, 0.6) is 5.75 Å². The van der Waals surface area contributed by atoms with Crippen LogP contribution in [0.3, 0.4) is 0 Å². The molecular formula is C24H29N5O. The quantitative estimate of drug-likeness (QED) is 0.481. The third-order valence-electron chi connectivity index (χ3n) is 5.39. The predicted octanol–water partition coefficient (Wildman–Crippen LogP) is 4.05. The van der Waals surface area contributed by atoms with Gasteiger partial charge in [0, 0.05) is 31.4 Å². The summed E-state index contributed by atoms with van der Waals surface area (Å²) < 4.78 is 7.66. The van der Waals surface area contributed by atoms with Crippen molar-refractivity contribution in [2.24, 2.45) is 4.99 Å². The van der Waals surface area contributed by atoms with Gasteiger partial charge in [-0.2, -0.15) is 5.10 Å². The lowest BCUT2D eigenvalue weighted by atomic mass is 9.93. The minimum absolute atomic E-state index is 0.111. The van der Waals surface area contributed by atoms with Crippen LogP contribution in [0, 0.1) is 0 Å². The summed E-state index contributed by atoms with van der Waals surface area (Å²) in [6.45, 7) is 6.53. The summed E-state index contributed by atoms with van der Waals surface area (Å²) >= 11 is 0. The van der Waals surface area contributed by atoms with E-state index in [0.29, 0.717) is 5.92 Å². The molecule has 30 heavy (non-hydrogen) atoms. The number of hydrogen-bond donors (Lipinski definition) is 2. The average Bonchev–Trinajstić information content (AvgIpc) is 3.33. The molecule has 6 nitrogen and oxygen atoms in total. The molecule has 156 valence electrons. The van der Waals surface area contributed by atoms with Gasteiger partial charge in [-0.3, -0.25) is 4.99 Å². The Morgan fingerprint density at radius 1 is 1.23 bits per heavy atom. The van der Waals surface area contributed by atoms with E-state index < -0.39 is 0 Å². The van der Waals surface area contributed by atoms with Crippen molar-refractivity contribution >= 4 is 5.96 Å². The third-order valence-corrected chi connectivity index (χ3v) is 5.39. The highest BCUT2D eigenvalue weighted by Gasteiger charge is 2.21. The van der Waals surface area contributed by atoms with E-state index >= 15 is 0 Å². The number of fused-ring (bicyclic) bond motifs is 1. The smallest absolute Gasteiger partial charge is 0.191 e. The number of aliphatic imine (C=N–C) groups is 1. The summed E-state index contributed by atoms with van der Waals surface area (Å²) in [6, 6.07) is 18.7. The van der Waals surface area contributed by atoms with Crippen LogP contribution in [0.2, 0.25) is 0 Å². The molecule has 0 bridgehead atoms. The Labute approximate surface area is 178 Å². The first-order valence-electron chi connectivity index (χ1n) is 10.6. The van der Waals surface area contributed by atoms with E-state index in [-0.39, 0.29) is 6.04 Å². The number of guanidine groups is 1. The molecule has 6 heteroatoms. The maximum atomic E-state index is 5.79. The molecule has 0 aliphatic carbocycles. The van der Waals surface area contributed by atoms with Crippen LogP contribution in [-0.4, -0.2) is 35.4 Å². The SMILES string of the molecule is CCNC(=NCC1CCOc2ccccc21)NC(C)c1cccc(-n2cccn2)c1. The first kappa shape index (κ1) is 20.0. The van der Waals surface area contributed by atoms with Crippen LogP contribution >= 0.6 is 0 Å². The molecule has 0 spiro atoms. The number of rotatable bonds is 6. The number of hydrogen-bond acceptors (Lipinski definition) is 3. The van der Waals surface area contributed by atoms with E-state index in [1.165, 1.54) is 11.1 Å². The lowest BCUT2D eigenvalue weighted by Crippen LogP contribution is -2.39. The maximum Gasteiger partial charge on any atom is 0.191 e. The second-order valence-corrected chi connectivity index (χ2v) is 7.50. The molecule has 4 rings (SSSR count). The second-order valence-electron chi connectivity index (χ2n) is 7.50. The molecule has 0 fully saturated rings. The zero-order chi connectivity index (χ0) is 20.8. The minimum atomic E-state index is 0.111. The van der Waals surface area contributed by atoms with Gasteiger partial charge in [0.2, 0.25) is 0 Å². The molecule has 2 aromatic carbocycles. The molecule has 3 aromatic rings. The van der Waals surface area contributed by atoms with Gasteiger partial charge in [0.05, 0.1) is 18.3 Å². The summed E-state index contributed by atoms with van der Waals surface area (Å²) in [5, 5.41) is 11.3. The standard InChI is InChI=1S/C24H29N5O/c1-3-25-24(26-17-20-12-15-30-23-11-5-4-10-22(20)23)28-18(2)19-8-6-9-21(16-19)29-14-7-13-27-29/h4-11,13-14,16,18,20H,3,12,15,17H2,1-2H3,(H2,25,26,28). The highest BCUT2D eigenvalue weighted by atomic mass is 16.5. The van der Waals surface area contributed by atoms with Crippen LogP contribution in [-0.2, 0) is 0 Å². The van der Waals surface area contributed by atoms with Crippen LogP contribution in [0.25, 0.3) is 5.69 Å². The fraction of sp³-hybridized carbons (Fsp3) is 0.333. The van der Waals surface area contributed by atoms with Crippen molar-refractivity contribution < 1.29 is 4.74 Å². The first-order chi connectivity index (χ1) is 14.7. The maximum absolute atomic E-state index is 5.79. The highest BCUT2D eigenvalue weighted by molar-refractivity contribution is 5.80. The Morgan fingerprint density at radius 2 is 2.13 bits per heavy atom. The van der Waals surface area contributed by atoms with Gasteiger partial charge in [0.1, 0.15) is 5.75 Å². The summed E-state index contributed by atoms with van der Waals surface area (Å²) in [5.74, 6) is 2.20. The van der Waals surface area contributed by atoms with Gasteiger partial charge in [0.25, 0.3) is 0 Å². The molecule has 0 saturated heterocycles. The molecule has 2 heterocycles. The van der Waals surface area contributed by atoms with E-state index in [1.807, 2.05) is 29.1 Å². The highest BCUT2D eigenvalue weighted by Crippen LogP contribution is 2.33. The van der Waals surface area contributed by atoms with E-state index in [0.717, 1.165) is 43.5 Å². The zero-order valence-corrected chi connectivity index (χ0v) is 17.6. The third kappa shape index (κ3) is 4.64. The minimum Gasteiger partial charge on any atom is -0.493 e. The number of para-hydroxylation sites is 1. The molecular weight excluding hydrogens is 374 g/mol.